The van der Waals surface area contributed by atoms with Gasteiger partial charge in [0.05, 0.1) is 24.7 Å². The van der Waals surface area contributed by atoms with Gasteiger partial charge in [-0.1, -0.05) is 11.8 Å². The first kappa shape index (κ1) is 19.5. The lowest BCUT2D eigenvalue weighted by Crippen LogP contribution is -2.45. The Morgan fingerprint density at radius 3 is 2.67 bits per heavy atom. The van der Waals surface area contributed by atoms with Crippen molar-refractivity contribution >= 4 is 40.2 Å². The zero-order valence-corrected chi connectivity index (χ0v) is 16.0. The number of hydrogen-bond donors (Lipinski definition) is 1. The summed E-state index contributed by atoms with van der Waals surface area (Å²) in [5, 5.41) is 10.9. The van der Waals surface area contributed by atoms with Gasteiger partial charge < -0.3 is 19.5 Å². The first-order chi connectivity index (χ1) is 11.3. The molecule has 4 atom stereocenters. The molecule has 1 aliphatic carbocycles. The van der Waals surface area contributed by atoms with Crippen molar-refractivity contribution in [1.82, 2.24) is 4.90 Å². The van der Waals surface area contributed by atoms with Gasteiger partial charge in [-0.05, 0) is 44.8 Å². The number of rotatable bonds is 5. The standard InChI is InChI=1S/C16H25NO5S2/c1-4-21-14(19)17-7-10-6-12(18)13(11(10)8-17)16(3,20)9-24-15(23)22-5-2/h10-11,13,20H,4-9H2,1-3H3. The first-order valence-corrected chi connectivity index (χ1v) is 9.65. The van der Waals surface area contributed by atoms with Crippen LogP contribution in [0.2, 0.25) is 0 Å². The van der Waals surface area contributed by atoms with E-state index >= 15 is 0 Å². The second kappa shape index (κ2) is 8.01. The van der Waals surface area contributed by atoms with Crippen molar-refractivity contribution < 1.29 is 24.2 Å². The van der Waals surface area contributed by atoms with E-state index in [1.165, 1.54) is 11.8 Å². The Balaban J connectivity index is 2.02. The number of thiocarbonyl (C=S) groups is 1. The number of hydrogen-bond acceptors (Lipinski definition) is 7. The molecule has 0 radical (unpaired) electrons. The molecule has 0 spiro atoms. The summed E-state index contributed by atoms with van der Waals surface area (Å²) in [5.41, 5.74) is -1.19. The van der Waals surface area contributed by atoms with Crippen molar-refractivity contribution in [2.75, 3.05) is 32.1 Å². The third-order valence-corrected chi connectivity index (χ3v) is 6.22. The van der Waals surface area contributed by atoms with Crippen LogP contribution < -0.4 is 0 Å². The summed E-state index contributed by atoms with van der Waals surface area (Å²) in [7, 11) is 0. The summed E-state index contributed by atoms with van der Waals surface area (Å²) in [6.07, 6.45) is 0.0618. The minimum Gasteiger partial charge on any atom is -0.479 e. The van der Waals surface area contributed by atoms with Crippen LogP contribution in [0.5, 0.6) is 0 Å². The van der Waals surface area contributed by atoms with Crippen LogP contribution in [-0.4, -0.2) is 63.9 Å². The van der Waals surface area contributed by atoms with Crippen molar-refractivity contribution in [3.8, 4) is 0 Å². The van der Waals surface area contributed by atoms with E-state index in [-0.39, 0.29) is 23.7 Å². The highest BCUT2D eigenvalue weighted by atomic mass is 32.2. The maximum Gasteiger partial charge on any atom is 0.409 e. The fourth-order valence-corrected chi connectivity index (χ4v) is 4.83. The normalized spacial score (nSPS) is 28.4. The molecule has 0 bridgehead atoms. The molecule has 1 saturated heterocycles. The summed E-state index contributed by atoms with van der Waals surface area (Å²) >= 11 is 6.32. The zero-order valence-electron chi connectivity index (χ0n) is 14.3. The molecule has 4 unspecified atom stereocenters. The smallest absolute Gasteiger partial charge is 0.409 e. The van der Waals surface area contributed by atoms with Crippen LogP contribution in [0.4, 0.5) is 4.79 Å². The van der Waals surface area contributed by atoms with Gasteiger partial charge in [-0.25, -0.2) is 4.79 Å². The highest BCUT2D eigenvalue weighted by Gasteiger charge is 2.55. The van der Waals surface area contributed by atoms with Gasteiger partial charge in [0.1, 0.15) is 5.78 Å². The van der Waals surface area contributed by atoms with Crippen LogP contribution in [0.1, 0.15) is 27.2 Å². The van der Waals surface area contributed by atoms with Gasteiger partial charge >= 0.3 is 6.09 Å². The second-order valence-electron chi connectivity index (χ2n) is 6.50. The number of amides is 1. The van der Waals surface area contributed by atoms with Crippen LogP contribution in [0.3, 0.4) is 0 Å². The molecule has 0 aromatic carbocycles. The van der Waals surface area contributed by atoms with Crippen LogP contribution in [0.15, 0.2) is 0 Å². The molecule has 1 amide bonds. The third-order valence-electron chi connectivity index (χ3n) is 4.67. The Morgan fingerprint density at radius 1 is 1.38 bits per heavy atom. The Morgan fingerprint density at radius 2 is 2.04 bits per heavy atom. The molecular weight excluding hydrogens is 350 g/mol. The predicted octanol–water partition coefficient (Wildman–Crippen LogP) is 2.09. The monoisotopic (exact) mass is 375 g/mol. The average Bonchev–Trinajstić information content (AvgIpc) is 3.02. The molecule has 2 rings (SSSR count). The fraction of sp³-hybridized carbons (Fsp3) is 0.812. The van der Waals surface area contributed by atoms with Gasteiger partial charge in [0, 0.05) is 25.3 Å². The lowest BCUT2D eigenvalue weighted by Gasteiger charge is -2.32. The van der Waals surface area contributed by atoms with E-state index in [0.29, 0.717) is 42.9 Å². The number of carbonyl (C=O) groups excluding carboxylic acids is 2. The Bertz CT molecular complexity index is 511. The van der Waals surface area contributed by atoms with E-state index in [4.69, 9.17) is 21.7 Å². The van der Waals surface area contributed by atoms with Crippen LogP contribution in [0, 0.1) is 17.8 Å². The van der Waals surface area contributed by atoms with E-state index in [1.807, 2.05) is 6.92 Å². The summed E-state index contributed by atoms with van der Waals surface area (Å²) in [5.74, 6) is -0.0501. The Kier molecular flexibility index (Phi) is 6.50. The minimum atomic E-state index is -1.19. The summed E-state index contributed by atoms with van der Waals surface area (Å²) in [6, 6.07) is 0. The SMILES string of the molecule is CCOC(=O)N1CC2CC(=O)C(C(C)(O)CSC(=S)OCC)C2C1. The summed E-state index contributed by atoms with van der Waals surface area (Å²) in [4.78, 5) is 26.0. The molecular formula is C16H25NO5S2. The van der Waals surface area contributed by atoms with E-state index in [0.717, 1.165) is 0 Å². The Hall–Kier alpha value is -0.860. The van der Waals surface area contributed by atoms with Gasteiger partial charge in [-0.3, -0.25) is 4.79 Å². The van der Waals surface area contributed by atoms with Crippen molar-refractivity contribution in [2.45, 2.75) is 32.8 Å². The number of thioether (sulfide) groups is 1. The fourth-order valence-electron chi connectivity index (χ4n) is 3.74. The quantitative estimate of drug-likeness (QED) is 0.737. The molecule has 2 aliphatic rings. The number of ketones is 1. The second-order valence-corrected chi connectivity index (χ2v) is 8.08. The largest absolute Gasteiger partial charge is 0.479 e. The summed E-state index contributed by atoms with van der Waals surface area (Å²) < 4.78 is 10.6. The molecule has 2 fully saturated rings. The van der Waals surface area contributed by atoms with Crippen molar-refractivity contribution in [2.24, 2.45) is 17.8 Å². The molecule has 1 heterocycles. The molecule has 1 saturated carbocycles. The molecule has 8 heteroatoms. The van der Waals surface area contributed by atoms with Gasteiger partial charge in [-0.15, -0.1) is 0 Å². The maximum absolute atomic E-state index is 12.4. The highest BCUT2D eigenvalue weighted by molar-refractivity contribution is 8.22. The van der Waals surface area contributed by atoms with Gasteiger partial charge in [0.2, 0.25) is 4.38 Å². The maximum atomic E-state index is 12.4. The average molecular weight is 376 g/mol. The minimum absolute atomic E-state index is 0.0295. The van der Waals surface area contributed by atoms with Crippen molar-refractivity contribution in [1.29, 1.82) is 0 Å². The topological polar surface area (TPSA) is 76.1 Å². The molecule has 1 N–H and O–H groups in total. The van der Waals surface area contributed by atoms with E-state index in [2.05, 4.69) is 0 Å². The van der Waals surface area contributed by atoms with Crippen LogP contribution in [-0.2, 0) is 14.3 Å². The van der Waals surface area contributed by atoms with E-state index in [1.54, 1.807) is 18.7 Å². The van der Waals surface area contributed by atoms with E-state index < -0.39 is 11.5 Å². The highest BCUT2D eigenvalue weighted by Crippen LogP contribution is 2.45. The molecule has 24 heavy (non-hydrogen) atoms. The molecule has 0 aromatic rings. The predicted molar refractivity (Wildman–Crippen MR) is 96.0 cm³/mol. The number of ether oxygens (including phenoxy) is 2. The number of Topliss-reactive ketones (excluding diaryl/α,β-unsaturated/α-hetero) is 1. The van der Waals surface area contributed by atoms with Gasteiger partial charge in [-0.2, -0.15) is 0 Å². The molecule has 1 aliphatic heterocycles. The lowest BCUT2D eigenvalue weighted by atomic mass is 9.80. The number of fused-ring (bicyclic) bond motifs is 1. The summed E-state index contributed by atoms with van der Waals surface area (Å²) in [6.45, 7) is 7.07. The van der Waals surface area contributed by atoms with E-state index in [9.17, 15) is 14.7 Å². The molecule has 0 aromatic heterocycles. The first-order valence-electron chi connectivity index (χ1n) is 8.26. The Labute approximate surface area is 152 Å². The van der Waals surface area contributed by atoms with Crippen molar-refractivity contribution in [3.05, 3.63) is 0 Å². The lowest BCUT2D eigenvalue weighted by molar-refractivity contribution is -0.128. The van der Waals surface area contributed by atoms with Crippen molar-refractivity contribution in [3.63, 3.8) is 0 Å². The molecule has 6 nitrogen and oxygen atoms in total. The van der Waals surface area contributed by atoms with Gasteiger partial charge in [0.15, 0.2) is 0 Å². The number of carbonyl (C=O) groups is 2. The molecule has 136 valence electrons. The van der Waals surface area contributed by atoms with Crippen LogP contribution >= 0.6 is 24.0 Å². The van der Waals surface area contributed by atoms with Gasteiger partial charge in [0.25, 0.3) is 0 Å². The number of aliphatic hydroxyl groups is 1. The number of nitrogens with zero attached hydrogens (tertiary/aromatic N) is 1. The zero-order chi connectivity index (χ0) is 17.9. The van der Waals surface area contributed by atoms with Crippen LogP contribution in [0.25, 0.3) is 0 Å². The third kappa shape index (κ3) is 4.21. The number of likely N-dealkylation sites (tertiary alicyclic amines) is 1.